The topological polar surface area (TPSA) is 17.1 Å². The SMILES string of the molecule is CC1(C(F)F)CC(C=O)C1. The first kappa shape index (κ1) is 7.63. The van der Waals surface area contributed by atoms with Gasteiger partial charge in [-0.2, -0.15) is 0 Å². The van der Waals surface area contributed by atoms with E-state index in [2.05, 4.69) is 0 Å². The summed E-state index contributed by atoms with van der Waals surface area (Å²) in [6.07, 6.45) is -0.796. The lowest BCUT2D eigenvalue weighted by Gasteiger charge is -2.41. The highest BCUT2D eigenvalue weighted by atomic mass is 19.3. The molecule has 58 valence electrons. The minimum absolute atomic E-state index is 0.112. The van der Waals surface area contributed by atoms with E-state index in [0.29, 0.717) is 12.8 Å². The molecular formula is C7H10F2O. The van der Waals surface area contributed by atoms with Crippen molar-refractivity contribution >= 4 is 6.29 Å². The van der Waals surface area contributed by atoms with E-state index in [9.17, 15) is 13.6 Å². The number of halogens is 2. The Balaban J connectivity index is 2.41. The fourth-order valence-electron chi connectivity index (χ4n) is 1.41. The monoisotopic (exact) mass is 148 g/mol. The Kier molecular flexibility index (Phi) is 1.75. The van der Waals surface area contributed by atoms with Gasteiger partial charge in [-0.15, -0.1) is 0 Å². The molecule has 3 heteroatoms. The molecule has 0 radical (unpaired) electrons. The molecule has 1 nitrogen and oxygen atoms in total. The molecule has 0 aromatic carbocycles. The number of hydrogen-bond acceptors (Lipinski definition) is 1. The number of hydrogen-bond donors (Lipinski definition) is 0. The Morgan fingerprint density at radius 1 is 1.60 bits per heavy atom. The van der Waals surface area contributed by atoms with Gasteiger partial charge in [-0.05, 0) is 12.8 Å². The van der Waals surface area contributed by atoms with Gasteiger partial charge in [0, 0.05) is 11.3 Å². The van der Waals surface area contributed by atoms with Crippen LogP contribution in [0.15, 0.2) is 0 Å². The van der Waals surface area contributed by atoms with Crippen LogP contribution in [0, 0.1) is 11.3 Å². The first-order valence-corrected chi connectivity index (χ1v) is 3.32. The Morgan fingerprint density at radius 3 is 2.40 bits per heavy atom. The van der Waals surface area contributed by atoms with Crippen molar-refractivity contribution in [2.24, 2.45) is 11.3 Å². The van der Waals surface area contributed by atoms with E-state index >= 15 is 0 Å². The van der Waals surface area contributed by atoms with Crippen LogP contribution in [-0.4, -0.2) is 12.7 Å². The quantitative estimate of drug-likeness (QED) is 0.546. The molecule has 1 fully saturated rings. The van der Waals surface area contributed by atoms with E-state index in [4.69, 9.17) is 0 Å². The van der Waals surface area contributed by atoms with Gasteiger partial charge in [0.25, 0.3) is 0 Å². The van der Waals surface area contributed by atoms with Gasteiger partial charge in [-0.3, -0.25) is 0 Å². The second-order valence-electron chi connectivity index (χ2n) is 3.26. The molecule has 1 saturated carbocycles. The van der Waals surface area contributed by atoms with Gasteiger partial charge in [-0.25, -0.2) is 8.78 Å². The van der Waals surface area contributed by atoms with Crippen LogP contribution in [0.5, 0.6) is 0 Å². The van der Waals surface area contributed by atoms with E-state index in [1.165, 1.54) is 6.92 Å². The van der Waals surface area contributed by atoms with E-state index in [1.54, 1.807) is 0 Å². The summed E-state index contributed by atoms with van der Waals surface area (Å²) in [5.74, 6) is -0.112. The molecule has 10 heavy (non-hydrogen) atoms. The van der Waals surface area contributed by atoms with Gasteiger partial charge in [-0.1, -0.05) is 6.92 Å². The molecule has 0 N–H and O–H groups in total. The minimum Gasteiger partial charge on any atom is -0.303 e. The molecule has 0 unspecified atom stereocenters. The van der Waals surface area contributed by atoms with E-state index in [-0.39, 0.29) is 5.92 Å². The number of rotatable bonds is 2. The lowest BCUT2D eigenvalue weighted by molar-refractivity contribution is -0.126. The van der Waals surface area contributed by atoms with E-state index in [1.807, 2.05) is 0 Å². The molecule has 0 heterocycles. The molecule has 1 aliphatic carbocycles. The molecule has 0 atom stereocenters. The van der Waals surface area contributed by atoms with Crippen molar-refractivity contribution < 1.29 is 13.6 Å². The molecule has 0 aliphatic heterocycles. The van der Waals surface area contributed by atoms with Crippen LogP contribution < -0.4 is 0 Å². The van der Waals surface area contributed by atoms with E-state index < -0.39 is 11.8 Å². The van der Waals surface area contributed by atoms with Gasteiger partial charge < -0.3 is 4.79 Å². The van der Waals surface area contributed by atoms with Crippen molar-refractivity contribution in [2.75, 3.05) is 0 Å². The average molecular weight is 148 g/mol. The predicted molar refractivity (Wildman–Crippen MR) is 32.9 cm³/mol. The van der Waals surface area contributed by atoms with Gasteiger partial charge in [0.1, 0.15) is 6.29 Å². The fraction of sp³-hybridized carbons (Fsp3) is 0.857. The van der Waals surface area contributed by atoms with Crippen LogP contribution >= 0.6 is 0 Å². The summed E-state index contributed by atoms with van der Waals surface area (Å²) in [7, 11) is 0. The number of alkyl halides is 2. The van der Waals surface area contributed by atoms with Crippen LogP contribution in [0.1, 0.15) is 19.8 Å². The third-order valence-corrected chi connectivity index (χ3v) is 2.18. The smallest absolute Gasteiger partial charge is 0.243 e. The first-order chi connectivity index (χ1) is 4.58. The Hall–Kier alpha value is -0.470. The molecule has 1 aliphatic rings. The van der Waals surface area contributed by atoms with Crippen LogP contribution in [0.3, 0.4) is 0 Å². The van der Waals surface area contributed by atoms with Crippen molar-refractivity contribution in [3.63, 3.8) is 0 Å². The molecule has 0 amide bonds. The highest BCUT2D eigenvalue weighted by molar-refractivity contribution is 5.55. The first-order valence-electron chi connectivity index (χ1n) is 3.32. The van der Waals surface area contributed by atoms with Gasteiger partial charge in [0.05, 0.1) is 0 Å². The van der Waals surface area contributed by atoms with Crippen molar-refractivity contribution in [1.82, 2.24) is 0 Å². The van der Waals surface area contributed by atoms with Crippen LogP contribution in [0.25, 0.3) is 0 Å². The summed E-state index contributed by atoms with van der Waals surface area (Å²) in [5, 5.41) is 0. The van der Waals surface area contributed by atoms with Crippen molar-refractivity contribution in [2.45, 2.75) is 26.2 Å². The average Bonchev–Trinajstić information content (AvgIpc) is 1.80. The number of aldehydes is 1. The lowest BCUT2D eigenvalue weighted by atomic mass is 9.64. The highest BCUT2D eigenvalue weighted by Gasteiger charge is 2.46. The van der Waals surface area contributed by atoms with Crippen LogP contribution in [0.4, 0.5) is 8.78 Å². The third kappa shape index (κ3) is 1.04. The molecular weight excluding hydrogens is 138 g/mol. The molecule has 0 aromatic heterocycles. The number of carbonyl (C=O) groups is 1. The zero-order valence-electron chi connectivity index (χ0n) is 5.81. The van der Waals surface area contributed by atoms with Crippen molar-refractivity contribution in [3.05, 3.63) is 0 Å². The Bertz CT molecular complexity index is 139. The van der Waals surface area contributed by atoms with Crippen molar-refractivity contribution in [1.29, 1.82) is 0 Å². The minimum atomic E-state index is -2.27. The third-order valence-electron chi connectivity index (χ3n) is 2.18. The summed E-state index contributed by atoms with van der Waals surface area (Å²) in [6, 6.07) is 0. The van der Waals surface area contributed by atoms with E-state index in [0.717, 1.165) is 6.29 Å². The second-order valence-corrected chi connectivity index (χ2v) is 3.26. The van der Waals surface area contributed by atoms with Crippen LogP contribution in [0.2, 0.25) is 0 Å². The molecule has 0 bridgehead atoms. The highest BCUT2D eigenvalue weighted by Crippen LogP contribution is 2.48. The number of carbonyl (C=O) groups excluding carboxylic acids is 1. The Morgan fingerprint density at radius 2 is 2.10 bits per heavy atom. The predicted octanol–water partition coefficient (Wildman–Crippen LogP) is 1.87. The largest absolute Gasteiger partial charge is 0.303 e. The zero-order chi connectivity index (χ0) is 7.78. The maximum absolute atomic E-state index is 12.1. The lowest BCUT2D eigenvalue weighted by Crippen LogP contribution is -2.40. The summed E-state index contributed by atoms with van der Waals surface area (Å²) >= 11 is 0. The van der Waals surface area contributed by atoms with Crippen LogP contribution in [-0.2, 0) is 4.79 Å². The van der Waals surface area contributed by atoms with Gasteiger partial charge in [0.15, 0.2) is 0 Å². The van der Waals surface area contributed by atoms with Gasteiger partial charge in [0.2, 0.25) is 6.43 Å². The Labute approximate surface area is 58.4 Å². The summed E-state index contributed by atoms with van der Waals surface area (Å²) in [4.78, 5) is 10.1. The molecule has 0 spiro atoms. The fourth-order valence-corrected chi connectivity index (χ4v) is 1.41. The summed E-state index contributed by atoms with van der Waals surface area (Å²) in [5.41, 5.74) is -0.869. The molecule has 1 rings (SSSR count). The molecule has 0 saturated heterocycles. The molecule has 0 aromatic rings. The summed E-state index contributed by atoms with van der Waals surface area (Å²) in [6.45, 7) is 1.53. The zero-order valence-corrected chi connectivity index (χ0v) is 5.81. The maximum Gasteiger partial charge on any atom is 0.243 e. The normalized spacial score (nSPS) is 39.4. The second kappa shape index (κ2) is 2.29. The standard InChI is InChI=1S/C7H10F2O/c1-7(6(8)9)2-5(3-7)4-10/h4-6H,2-3H2,1H3. The van der Waals surface area contributed by atoms with Crippen molar-refractivity contribution in [3.8, 4) is 0 Å². The van der Waals surface area contributed by atoms with Gasteiger partial charge >= 0.3 is 0 Å². The summed E-state index contributed by atoms with van der Waals surface area (Å²) < 4.78 is 24.1. The maximum atomic E-state index is 12.1.